The van der Waals surface area contributed by atoms with E-state index in [4.69, 9.17) is 16.7 Å². The second kappa shape index (κ2) is 7.47. The Bertz CT molecular complexity index is 482. The molecule has 0 bridgehead atoms. The molecule has 0 radical (unpaired) electrons. The van der Waals surface area contributed by atoms with Gasteiger partial charge in [0.05, 0.1) is 23.8 Å². The minimum absolute atomic E-state index is 0.00912. The summed E-state index contributed by atoms with van der Waals surface area (Å²) in [5.74, 6) is -1.26. The molecular weight excluding hydrogens is 336 g/mol. The topological polar surface area (TPSA) is 69.6 Å². The summed E-state index contributed by atoms with van der Waals surface area (Å²) in [5.41, 5.74) is 0.501. The van der Waals surface area contributed by atoms with Gasteiger partial charge in [0.1, 0.15) is 0 Å². The van der Waals surface area contributed by atoms with Gasteiger partial charge in [0.25, 0.3) is 0 Å². The van der Waals surface area contributed by atoms with Crippen LogP contribution in [0.2, 0.25) is 5.02 Å². The van der Waals surface area contributed by atoms with Crippen molar-refractivity contribution in [1.29, 1.82) is 0 Å². The van der Waals surface area contributed by atoms with Gasteiger partial charge in [-0.15, -0.1) is 0 Å². The van der Waals surface area contributed by atoms with Crippen LogP contribution in [0.3, 0.4) is 0 Å². The van der Waals surface area contributed by atoms with Crippen LogP contribution in [0.15, 0.2) is 22.7 Å². The number of aliphatic carboxylic acids is 1. The van der Waals surface area contributed by atoms with Crippen molar-refractivity contribution < 1.29 is 14.7 Å². The molecular formula is C12H14BrClN2O3. The fourth-order valence-electron chi connectivity index (χ4n) is 1.45. The molecule has 7 heteroatoms. The third-order valence-corrected chi connectivity index (χ3v) is 3.18. The van der Waals surface area contributed by atoms with Crippen LogP contribution in [-0.4, -0.2) is 41.5 Å². The van der Waals surface area contributed by atoms with E-state index in [1.165, 1.54) is 4.90 Å². The Labute approximate surface area is 124 Å². The average Bonchev–Trinajstić information content (AvgIpc) is 2.31. The fraction of sp³-hybridized carbons (Fsp3) is 0.333. The highest BCUT2D eigenvalue weighted by Crippen LogP contribution is 2.25. The predicted molar refractivity (Wildman–Crippen MR) is 77.5 cm³/mol. The zero-order valence-corrected chi connectivity index (χ0v) is 12.7. The molecule has 0 aliphatic carbocycles. The van der Waals surface area contributed by atoms with Crippen LogP contribution in [0.4, 0.5) is 5.69 Å². The van der Waals surface area contributed by atoms with Crippen molar-refractivity contribution >= 4 is 45.1 Å². The van der Waals surface area contributed by atoms with E-state index in [2.05, 4.69) is 21.2 Å². The number of hydrogen-bond acceptors (Lipinski definition) is 3. The Morgan fingerprint density at radius 2 is 2.11 bits per heavy atom. The molecule has 0 saturated carbocycles. The molecule has 0 aromatic heterocycles. The molecule has 104 valence electrons. The van der Waals surface area contributed by atoms with Crippen LogP contribution in [0.5, 0.6) is 0 Å². The lowest BCUT2D eigenvalue weighted by molar-refractivity contribution is -0.138. The van der Waals surface area contributed by atoms with Crippen LogP contribution in [-0.2, 0) is 9.59 Å². The summed E-state index contributed by atoms with van der Waals surface area (Å²) >= 11 is 9.25. The van der Waals surface area contributed by atoms with E-state index in [0.29, 0.717) is 17.3 Å². The predicted octanol–water partition coefficient (Wildman–Crippen LogP) is 2.45. The standard InChI is InChI=1S/C12H14BrClN2O3/c1-2-16(7-12(18)19)6-11(17)15-10-4-3-8(13)5-9(10)14/h3-5H,2,6-7H2,1H3,(H,15,17)(H,18,19). The Balaban J connectivity index is 2.61. The molecule has 2 N–H and O–H groups in total. The second-order valence-corrected chi connectivity index (χ2v) is 5.19. The molecule has 5 nitrogen and oxygen atoms in total. The number of benzene rings is 1. The van der Waals surface area contributed by atoms with Crippen LogP contribution >= 0.6 is 27.5 Å². The number of likely N-dealkylation sites (N-methyl/N-ethyl adjacent to an activating group) is 1. The number of hydrogen-bond donors (Lipinski definition) is 2. The number of amides is 1. The van der Waals surface area contributed by atoms with Gasteiger partial charge in [-0.2, -0.15) is 0 Å². The average molecular weight is 350 g/mol. The number of nitrogens with one attached hydrogen (secondary N) is 1. The van der Waals surface area contributed by atoms with Crippen molar-refractivity contribution in [3.63, 3.8) is 0 Å². The second-order valence-electron chi connectivity index (χ2n) is 3.87. The third-order valence-electron chi connectivity index (χ3n) is 2.38. The minimum Gasteiger partial charge on any atom is -0.480 e. The molecule has 1 aromatic carbocycles. The molecule has 0 aliphatic rings. The number of carboxylic acid groups (broad SMARTS) is 1. The number of halogens is 2. The van der Waals surface area contributed by atoms with Crippen molar-refractivity contribution in [2.24, 2.45) is 0 Å². The minimum atomic E-state index is -0.962. The Morgan fingerprint density at radius 1 is 1.42 bits per heavy atom. The van der Waals surface area contributed by atoms with Crippen LogP contribution in [0.1, 0.15) is 6.92 Å². The first-order chi connectivity index (χ1) is 8.92. The summed E-state index contributed by atoms with van der Waals surface area (Å²) in [7, 11) is 0. The lowest BCUT2D eigenvalue weighted by Crippen LogP contribution is -2.36. The SMILES string of the molecule is CCN(CC(=O)O)CC(=O)Nc1ccc(Br)cc1Cl. The summed E-state index contributed by atoms with van der Waals surface area (Å²) in [4.78, 5) is 23.9. The van der Waals surface area contributed by atoms with Crippen LogP contribution in [0, 0.1) is 0 Å². The Morgan fingerprint density at radius 3 is 2.63 bits per heavy atom. The lowest BCUT2D eigenvalue weighted by Gasteiger charge is -2.17. The number of rotatable bonds is 6. The largest absolute Gasteiger partial charge is 0.480 e. The highest BCUT2D eigenvalue weighted by Gasteiger charge is 2.13. The van der Waals surface area contributed by atoms with Gasteiger partial charge in [-0.25, -0.2) is 0 Å². The molecule has 0 spiro atoms. The van der Waals surface area contributed by atoms with Crippen molar-refractivity contribution in [2.45, 2.75) is 6.92 Å². The van der Waals surface area contributed by atoms with Crippen molar-refractivity contribution in [3.05, 3.63) is 27.7 Å². The van der Waals surface area contributed by atoms with E-state index in [1.54, 1.807) is 25.1 Å². The van der Waals surface area contributed by atoms with E-state index < -0.39 is 5.97 Å². The molecule has 0 fully saturated rings. The number of carbonyl (C=O) groups excluding carboxylic acids is 1. The zero-order valence-electron chi connectivity index (χ0n) is 10.3. The first-order valence-electron chi connectivity index (χ1n) is 5.61. The maximum absolute atomic E-state index is 11.8. The zero-order chi connectivity index (χ0) is 14.4. The summed E-state index contributed by atoms with van der Waals surface area (Å²) in [6.07, 6.45) is 0. The van der Waals surface area contributed by atoms with E-state index >= 15 is 0 Å². The molecule has 0 saturated heterocycles. The van der Waals surface area contributed by atoms with Crippen molar-refractivity contribution in [2.75, 3.05) is 25.0 Å². The maximum Gasteiger partial charge on any atom is 0.317 e. The Kier molecular flexibility index (Phi) is 6.27. The van der Waals surface area contributed by atoms with Gasteiger partial charge in [-0.3, -0.25) is 14.5 Å². The molecule has 0 aliphatic heterocycles. The quantitative estimate of drug-likeness (QED) is 0.827. The van der Waals surface area contributed by atoms with Crippen molar-refractivity contribution in [1.82, 2.24) is 4.90 Å². The van der Waals surface area contributed by atoms with Gasteiger partial charge < -0.3 is 10.4 Å². The number of anilines is 1. The first kappa shape index (κ1) is 15.9. The lowest BCUT2D eigenvalue weighted by atomic mass is 10.3. The highest BCUT2D eigenvalue weighted by molar-refractivity contribution is 9.10. The normalized spacial score (nSPS) is 10.5. The van der Waals surface area contributed by atoms with Gasteiger partial charge in [-0.05, 0) is 24.7 Å². The summed E-state index contributed by atoms with van der Waals surface area (Å²) in [6, 6.07) is 5.11. The number of carboxylic acids is 1. The van der Waals surface area contributed by atoms with Gasteiger partial charge >= 0.3 is 5.97 Å². The van der Waals surface area contributed by atoms with Gasteiger partial charge in [0.15, 0.2) is 0 Å². The molecule has 19 heavy (non-hydrogen) atoms. The van der Waals surface area contributed by atoms with E-state index in [9.17, 15) is 9.59 Å². The van der Waals surface area contributed by atoms with E-state index in [1.807, 2.05) is 0 Å². The summed E-state index contributed by atoms with van der Waals surface area (Å²) in [5, 5.41) is 11.8. The maximum atomic E-state index is 11.8. The molecule has 1 amide bonds. The molecule has 0 heterocycles. The summed E-state index contributed by atoms with van der Waals surface area (Å²) in [6.45, 7) is 2.11. The van der Waals surface area contributed by atoms with Crippen LogP contribution in [0.25, 0.3) is 0 Å². The van der Waals surface area contributed by atoms with Gasteiger partial charge in [0.2, 0.25) is 5.91 Å². The van der Waals surface area contributed by atoms with Crippen molar-refractivity contribution in [3.8, 4) is 0 Å². The van der Waals surface area contributed by atoms with Gasteiger partial charge in [0, 0.05) is 4.47 Å². The smallest absolute Gasteiger partial charge is 0.317 e. The molecule has 0 unspecified atom stereocenters. The monoisotopic (exact) mass is 348 g/mol. The number of carbonyl (C=O) groups is 2. The van der Waals surface area contributed by atoms with Crippen LogP contribution < -0.4 is 5.32 Å². The van der Waals surface area contributed by atoms with E-state index in [-0.39, 0.29) is 19.0 Å². The first-order valence-corrected chi connectivity index (χ1v) is 6.78. The number of nitrogens with zero attached hydrogens (tertiary/aromatic N) is 1. The Hall–Kier alpha value is -1.11. The molecule has 1 aromatic rings. The molecule has 0 atom stereocenters. The van der Waals surface area contributed by atoms with E-state index in [0.717, 1.165) is 4.47 Å². The third kappa shape index (κ3) is 5.59. The molecule has 1 rings (SSSR count). The van der Waals surface area contributed by atoms with Gasteiger partial charge in [-0.1, -0.05) is 34.5 Å². The summed E-state index contributed by atoms with van der Waals surface area (Å²) < 4.78 is 0.816. The fourth-order valence-corrected chi connectivity index (χ4v) is 2.18. The highest BCUT2D eigenvalue weighted by atomic mass is 79.9.